The smallest absolute Gasteiger partial charge is 0.246 e. The normalized spacial score (nSPS) is 15.2. The van der Waals surface area contributed by atoms with Gasteiger partial charge >= 0.3 is 0 Å². The number of hydrogen-bond donors (Lipinski definition) is 0. The van der Waals surface area contributed by atoms with Gasteiger partial charge in [0, 0.05) is 49.5 Å². The highest BCUT2D eigenvalue weighted by Crippen LogP contribution is 2.30. The first-order valence-corrected chi connectivity index (χ1v) is 15.0. The quantitative estimate of drug-likeness (QED) is 0.243. The number of carbonyl (C=O) groups excluding carboxylic acids is 2. The van der Waals surface area contributed by atoms with Gasteiger partial charge in [0.1, 0.15) is 11.5 Å². The Labute approximate surface area is 258 Å². The van der Waals surface area contributed by atoms with E-state index >= 15 is 0 Å². The molecule has 1 saturated heterocycles. The van der Waals surface area contributed by atoms with E-state index in [0.29, 0.717) is 26.2 Å². The Morgan fingerprint density at radius 3 is 1.37 bits per heavy atom. The number of nitrogens with zero attached hydrogens (tertiary/aromatic N) is 2. The molecule has 0 aromatic heterocycles. The fourth-order valence-electron chi connectivity index (χ4n) is 4.79. The summed E-state index contributed by atoms with van der Waals surface area (Å²) in [7, 11) is 3.34. The molecule has 0 N–H and O–H groups in total. The maximum absolute atomic E-state index is 12.8. The molecule has 0 unspecified atom stereocenters. The van der Waals surface area contributed by atoms with Crippen molar-refractivity contribution < 1.29 is 19.1 Å². The molecule has 0 spiro atoms. The number of hydrogen-bond acceptors (Lipinski definition) is 4. The summed E-state index contributed by atoms with van der Waals surface area (Å²) in [4.78, 5) is 29.3. The Hall–Kier alpha value is -4.06. The lowest BCUT2D eigenvalue weighted by Crippen LogP contribution is -2.36. The molecule has 1 heterocycles. The minimum absolute atomic E-state index is 0.0382. The van der Waals surface area contributed by atoms with Gasteiger partial charge in [-0.3, -0.25) is 9.59 Å². The van der Waals surface area contributed by atoms with Crippen LogP contribution in [0.15, 0.2) is 72.9 Å². The van der Waals surface area contributed by atoms with Crippen LogP contribution in [0.2, 0.25) is 0 Å². The van der Waals surface area contributed by atoms with Crippen LogP contribution in [-0.4, -0.2) is 62.0 Å². The number of benzene rings is 2. The number of amides is 2. The van der Waals surface area contributed by atoms with E-state index in [1.807, 2.05) is 36.4 Å². The molecule has 2 amide bonds. The second-order valence-corrected chi connectivity index (χ2v) is 12.9. The highest BCUT2D eigenvalue weighted by Gasteiger charge is 2.20. The van der Waals surface area contributed by atoms with E-state index in [-0.39, 0.29) is 22.6 Å². The first-order chi connectivity index (χ1) is 20.3. The van der Waals surface area contributed by atoms with Crippen LogP contribution in [0.5, 0.6) is 11.5 Å². The molecule has 0 atom stereocenters. The fraction of sp³-hybridized carbons (Fsp3) is 0.405. The lowest BCUT2D eigenvalue weighted by molar-refractivity contribution is -0.128. The van der Waals surface area contributed by atoms with Crippen molar-refractivity contribution in [3.8, 4) is 11.5 Å². The van der Waals surface area contributed by atoms with E-state index < -0.39 is 0 Å². The van der Waals surface area contributed by atoms with Gasteiger partial charge in [-0.25, -0.2) is 0 Å². The molecular formula is C37H48N2O4. The highest BCUT2D eigenvalue weighted by atomic mass is 16.5. The Balaban J connectivity index is 1.53. The van der Waals surface area contributed by atoms with Crippen LogP contribution in [0.25, 0.3) is 12.2 Å². The minimum atomic E-state index is -0.0566. The van der Waals surface area contributed by atoms with Crippen LogP contribution in [0, 0.1) is 0 Å². The summed E-state index contributed by atoms with van der Waals surface area (Å²) in [5, 5.41) is 0. The van der Waals surface area contributed by atoms with E-state index in [9.17, 15) is 9.59 Å². The zero-order chi connectivity index (χ0) is 31.6. The summed E-state index contributed by atoms with van der Waals surface area (Å²) in [6, 6.07) is 12.4. The maximum atomic E-state index is 12.8. The van der Waals surface area contributed by atoms with E-state index in [1.54, 1.807) is 48.3 Å². The summed E-state index contributed by atoms with van der Waals surface area (Å²) in [6.45, 7) is 15.3. The van der Waals surface area contributed by atoms with Gasteiger partial charge in [-0.1, -0.05) is 102 Å². The molecule has 0 bridgehead atoms. The van der Waals surface area contributed by atoms with Crippen molar-refractivity contribution in [2.45, 2.75) is 58.8 Å². The van der Waals surface area contributed by atoms with Gasteiger partial charge in [-0.2, -0.15) is 0 Å². The maximum Gasteiger partial charge on any atom is 0.246 e. The van der Waals surface area contributed by atoms with Gasteiger partial charge in [0.05, 0.1) is 14.2 Å². The van der Waals surface area contributed by atoms with Crippen molar-refractivity contribution in [3.63, 3.8) is 0 Å². The average Bonchev–Trinajstić information content (AvgIpc) is 3.23. The second-order valence-electron chi connectivity index (χ2n) is 12.9. The van der Waals surface area contributed by atoms with Crippen LogP contribution in [0.3, 0.4) is 0 Å². The second kappa shape index (κ2) is 14.9. The third kappa shape index (κ3) is 9.74. The molecule has 1 aliphatic heterocycles. The standard InChI is InChI=1S/C37H48N2O4/c1-36(2,3)30-20-18-28(32(26-30)42-7)14-9-11-16-34(40)38-22-13-23-39(25-24-38)35(41)17-12-10-15-29-19-21-31(37(4,5)6)27-33(29)43-8/h9-12,14-21,26-27H,13,22-25H2,1-8H3. The fourth-order valence-corrected chi connectivity index (χ4v) is 4.79. The lowest BCUT2D eigenvalue weighted by Gasteiger charge is -2.20. The highest BCUT2D eigenvalue weighted by molar-refractivity contribution is 5.89. The van der Waals surface area contributed by atoms with Crippen molar-refractivity contribution >= 4 is 24.0 Å². The van der Waals surface area contributed by atoms with Gasteiger partial charge in [-0.05, 0) is 40.5 Å². The third-order valence-corrected chi connectivity index (χ3v) is 7.57. The molecule has 43 heavy (non-hydrogen) atoms. The molecule has 2 aromatic carbocycles. The van der Waals surface area contributed by atoms with E-state index in [0.717, 1.165) is 29.0 Å². The van der Waals surface area contributed by atoms with Gasteiger partial charge < -0.3 is 19.3 Å². The molecular weight excluding hydrogens is 536 g/mol. The van der Waals surface area contributed by atoms with Gasteiger partial charge in [-0.15, -0.1) is 0 Å². The lowest BCUT2D eigenvalue weighted by atomic mass is 9.86. The Morgan fingerprint density at radius 1 is 0.628 bits per heavy atom. The average molecular weight is 585 g/mol. The molecule has 0 radical (unpaired) electrons. The van der Waals surface area contributed by atoms with Crippen LogP contribution in [0.4, 0.5) is 0 Å². The molecule has 6 nitrogen and oxygen atoms in total. The third-order valence-electron chi connectivity index (χ3n) is 7.57. The van der Waals surface area contributed by atoms with Crippen molar-refractivity contribution in [1.82, 2.24) is 9.80 Å². The van der Waals surface area contributed by atoms with E-state index in [4.69, 9.17) is 9.47 Å². The summed E-state index contributed by atoms with van der Waals surface area (Å²) < 4.78 is 11.2. The molecule has 0 saturated carbocycles. The molecule has 6 heteroatoms. The first kappa shape index (κ1) is 33.4. The zero-order valence-electron chi connectivity index (χ0n) is 27.1. The SMILES string of the molecule is COc1cc(C(C)(C)C)ccc1C=CC=CC(=O)N1CCCN(C(=O)C=CC=Cc2ccc(C(C)(C)C)cc2OC)CC1. The van der Waals surface area contributed by atoms with Gasteiger partial charge in [0.25, 0.3) is 0 Å². The molecule has 3 rings (SSSR count). The Bertz CT molecular complexity index is 1280. The Kier molecular flexibility index (Phi) is 11.6. The molecule has 1 aliphatic rings. The van der Waals surface area contributed by atoms with Crippen molar-refractivity contribution in [1.29, 1.82) is 0 Å². The summed E-state index contributed by atoms with van der Waals surface area (Å²) in [5.41, 5.74) is 4.40. The van der Waals surface area contributed by atoms with Crippen molar-refractivity contribution in [2.24, 2.45) is 0 Å². The molecule has 230 valence electrons. The van der Waals surface area contributed by atoms with Crippen LogP contribution in [0.1, 0.15) is 70.2 Å². The van der Waals surface area contributed by atoms with Gasteiger partial charge in [0.2, 0.25) is 11.8 Å². The van der Waals surface area contributed by atoms with Gasteiger partial charge in [0.15, 0.2) is 0 Å². The number of rotatable bonds is 8. The number of carbonyl (C=O) groups is 2. The molecule has 1 fully saturated rings. The van der Waals surface area contributed by atoms with Crippen LogP contribution >= 0.6 is 0 Å². The zero-order valence-corrected chi connectivity index (χ0v) is 27.1. The largest absolute Gasteiger partial charge is 0.496 e. The number of ether oxygens (including phenoxy) is 2. The minimum Gasteiger partial charge on any atom is -0.496 e. The monoisotopic (exact) mass is 584 g/mol. The van der Waals surface area contributed by atoms with Crippen molar-refractivity contribution in [3.05, 3.63) is 95.1 Å². The molecule has 0 aliphatic carbocycles. The van der Waals surface area contributed by atoms with E-state index in [2.05, 4.69) is 65.8 Å². The summed E-state index contributed by atoms with van der Waals surface area (Å²) >= 11 is 0. The van der Waals surface area contributed by atoms with Crippen LogP contribution < -0.4 is 9.47 Å². The molecule has 2 aromatic rings. The predicted molar refractivity (Wildman–Crippen MR) is 178 cm³/mol. The topological polar surface area (TPSA) is 59.1 Å². The van der Waals surface area contributed by atoms with Crippen LogP contribution in [-0.2, 0) is 20.4 Å². The predicted octanol–water partition coefficient (Wildman–Crippen LogP) is 7.20. The Morgan fingerprint density at radius 2 is 1.02 bits per heavy atom. The summed E-state index contributed by atoms with van der Waals surface area (Å²) in [6.07, 6.45) is 15.0. The van der Waals surface area contributed by atoms with E-state index in [1.165, 1.54) is 11.1 Å². The summed E-state index contributed by atoms with van der Waals surface area (Å²) in [5.74, 6) is 1.50. The number of allylic oxidation sites excluding steroid dienone is 4. The first-order valence-electron chi connectivity index (χ1n) is 15.0. The number of methoxy groups -OCH3 is 2. The van der Waals surface area contributed by atoms with Crippen molar-refractivity contribution in [2.75, 3.05) is 40.4 Å².